The maximum atomic E-state index is 13.3. The van der Waals surface area contributed by atoms with Crippen LogP contribution >= 0.6 is 46.9 Å². The Morgan fingerprint density at radius 2 is 1.79 bits per heavy atom. The lowest BCUT2D eigenvalue weighted by Gasteiger charge is -2.21. The molecule has 1 aromatic heterocycles. The lowest BCUT2D eigenvalue weighted by Crippen LogP contribution is -2.33. The largest absolute Gasteiger partial charge is 0.497 e. The fourth-order valence-electron chi connectivity index (χ4n) is 2.80. The number of rotatable bonds is 7. The van der Waals surface area contributed by atoms with Gasteiger partial charge in [-0.1, -0.05) is 34.5 Å². The van der Waals surface area contributed by atoms with Gasteiger partial charge in [0.05, 0.1) is 17.3 Å². The molecule has 5 nitrogen and oxygen atoms in total. The number of fused-ring (bicyclic) bond motifs is 1. The lowest BCUT2D eigenvalue weighted by molar-refractivity contribution is 0.0986. The minimum Gasteiger partial charge on any atom is -0.497 e. The number of halogens is 3. The first kappa shape index (κ1) is 23.7. The molecule has 0 N–H and O–H groups in total. The molecule has 0 aliphatic carbocycles. The third kappa shape index (κ3) is 5.96. The summed E-state index contributed by atoms with van der Waals surface area (Å²) in [6.45, 7) is 1.40. The summed E-state index contributed by atoms with van der Waals surface area (Å²) in [6, 6.07) is 10.6. The minimum absolute atomic E-state index is 0. The third-order valence-electron chi connectivity index (χ3n) is 4.16. The van der Waals surface area contributed by atoms with Gasteiger partial charge < -0.3 is 9.64 Å². The SMILES string of the molecule is COc1ccc2sc(N(CCCN(C)C)C(=O)c3cc(Cl)cc(Cl)c3)nc2c1.Cl. The first-order valence-electron chi connectivity index (χ1n) is 8.74. The Balaban J connectivity index is 0.00000300. The van der Waals surface area contributed by atoms with Gasteiger partial charge in [0.2, 0.25) is 0 Å². The smallest absolute Gasteiger partial charge is 0.260 e. The van der Waals surface area contributed by atoms with Crippen molar-refractivity contribution in [3.8, 4) is 5.75 Å². The number of nitrogens with zero attached hydrogens (tertiary/aromatic N) is 3. The van der Waals surface area contributed by atoms with Gasteiger partial charge >= 0.3 is 0 Å². The van der Waals surface area contributed by atoms with Crippen LogP contribution in [0, 0.1) is 0 Å². The van der Waals surface area contributed by atoms with Crippen molar-refractivity contribution in [3.63, 3.8) is 0 Å². The molecule has 0 aliphatic rings. The second-order valence-corrected chi connectivity index (χ2v) is 8.48. The predicted molar refractivity (Wildman–Crippen MR) is 125 cm³/mol. The maximum Gasteiger partial charge on any atom is 0.260 e. The van der Waals surface area contributed by atoms with Gasteiger partial charge in [-0.2, -0.15) is 0 Å². The van der Waals surface area contributed by atoms with Crippen LogP contribution in [0.1, 0.15) is 16.8 Å². The van der Waals surface area contributed by atoms with Crippen LogP contribution in [0.3, 0.4) is 0 Å². The number of methoxy groups -OCH3 is 1. The molecule has 3 aromatic rings. The predicted octanol–water partition coefficient (Wildman–Crippen LogP) is 5.63. The highest BCUT2D eigenvalue weighted by Gasteiger charge is 2.22. The van der Waals surface area contributed by atoms with Gasteiger partial charge in [-0.3, -0.25) is 9.69 Å². The first-order chi connectivity index (χ1) is 13.4. The Kier molecular flexibility index (Phi) is 8.55. The van der Waals surface area contributed by atoms with Gasteiger partial charge in [0.25, 0.3) is 5.91 Å². The topological polar surface area (TPSA) is 45.7 Å². The molecule has 0 saturated heterocycles. The summed E-state index contributed by atoms with van der Waals surface area (Å²) in [5.41, 5.74) is 1.24. The number of carbonyl (C=O) groups excluding carboxylic acids is 1. The molecule has 1 heterocycles. The summed E-state index contributed by atoms with van der Waals surface area (Å²) < 4.78 is 6.27. The van der Waals surface area contributed by atoms with E-state index >= 15 is 0 Å². The Morgan fingerprint density at radius 1 is 1.10 bits per heavy atom. The van der Waals surface area contributed by atoms with E-state index in [4.69, 9.17) is 27.9 Å². The highest BCUT2D eigenvalue weighted by atomic mass is 35.5. The van der Waals surface area contributed by atoms with Crippen LogP contribution in [0.25, 0.3) is 10.2 Å². The number of amides is 1. The number of ether oxygens (including phenoxy) is 1. The average Bonchev–Trinajstić information content (AvgIpc) is 3.06. The van der Waals surface area contributed by atoms with E-state index in [-0.39, 0.29) is 18.3 Å². The van der Waals surface area contributed by atoms with Crippen LogP contribution in [-0.2, 0) is 0 Å². The van der Waals surface area contributed by atoms with Crippen molar-refractivity contribution < 1.29 is 9.53 Å². The molecular weight excluding hydrogens is 453 g/mol. The second-order valence-electron chi connectivity index (χ2n) is 6.60. The first-order valence-corrected chi connectivity index (χ1v) is 10.3. The van der Waals surface area contributed by atoms with Crippen molar-refractivity contribution in [1.29, 1.82) is 0 Å². The van der Waals surface area contributed by atoms with E-state index in [1.807, 2.05) is 32.3 Å². The number of aromatic nitrogens is 1. The average molecular weight is 475 g/mol. The fourth-order valence-corrected chi connectivity index (χ4v) is 4.30. The van der Waals surface area contributed by atoms with Crippen LogP contribution < -0.4 is 9.64 Å². The van der Waals surface area contributed by atoms with Gasteiger partial charge in [-0.25, -0.2) is 4.98 Å². The van der Waals surface area contributed by atoms with Crippen LogP contribution in [-0.4, -0.2) is 50.1 Å². The van der Waals surface area contributed by atoms with Crippen LogP contribution in [0.4, 0.5) is 5.13 Å². The zero-order valence-electron chi connectivity index (χ0n) is 16.3. The molecule has 1 amide bonds. The fraction of sp³-hybridized carbons (Fsp3) is 0.300. The second kappa shape index (κ2) is 10.5. The molecule has 0 radical (unpaired) electrons. The third-order valence-corrected chi connectivity index (χ3v) is 5.65. The van der Waals surface area contributed by atoms with Crippen molar-refractivity contribution in [1.82, 2.24) is 9.88 Å². The molecule has 0 atom stereocenters. The summed E-state index contributed by atoms with van der Waals surface area (Å²) in [5.74, 6) is 0.561. The molecule has 29 heavy (non-hydrogen) atoms. The van der Waals surface area contributed by atoms with Crippen LogP contribution in [0.5, 0.6) is 5.75 Å². The number of thiazole rings is 1. The summed E-state index contributed by atoms with van der Waals surface area (Å²) in [4.78, 5) is 21.7. The molecule has 0 saturated carbocycles. The molecular formula is C20H22Cl3N3O2S. The summed E-state index contributed by atoms with van der Waals surface area (Å²) >= 11 is 13.7. The zero-order chi connectivity index (χ0) is 20.3. The highest BCUT2D eigenvalue weighted by molar-refractivity contribution is 7.22. The van der Waals surface area contributed by atoms with Crippen molar-refractivity contribution in [2.24, 2.45) is 0 Å². The molecule has 0 bridgehead atoms. The maximum absolute atomic E-state index is 13.3. The van der Waals surface area contributed by atoms with Gasteiger partial charge in [-0.05, 0) is 57.4 Å². The number of carbonyl (C=O) groups is 1. The number of benzene rings is 2. The Labute approximate surface area is 190 Å². The van der Waals surface area contributed by atoms with Crippen molar-refractivity contribution >= 4 is 68.2 Å². The quantitative estimate of drug-likeness (QED) is 0.445. The Hall–Kier alpha value is -1.57. The highest BCUT2D eigenvalue weighted by Crippen LogP contribution is 2.32. The van der Waals surface area contributed by atoms with Gasteiger partial charge in [0.15, 0.2) is 5.13 Å². The van der Waals surface area contributed by atoms with E-state index < -0.39 is 0 Å². The summed E-state index contributed by atoms with van der Waals surface area (Å²) in [5, 5.41) is 1.50. The molecule has 2 aromatic carbocycles. The van der Waals surface area contributed by atoms with Gasteiger partial charge in [-0.15, -0.1) is 12.4 Å². The van der Waals surface area contributed by atoms with Crippen LogP contribution in [0.15, 0.2) is 36.4 Å². The van der Waals surface area contributed by atoms with Gasteiger partial charge in [0, 0.05) is 28.2 Å². The van der Waals surface area contributed by atoms with Crippen molar-refractivity contribution in [2.75, 3.05) is 39.2 Å². The number of hydrogen-bond donors (Lipinski definition) is 0. The minimum atomic E-state index is -0.172. The monoisotopic (exact) mass is 473 g/mol. The zero-order valence-corrected chi connectivity index (χ0v) is 19.5. The molecule has 3 rings (SSSR count). The van der Waals surface area contributed by atoms with Gasteiger partial charge in [0.1, 0.15) is 5.75 Å². The Morgan fingerprint density at radius 3 is 2.41 bits per heavy atom. The summed E-state index contributed by atoms with van der Waals surface area (Å²) in [7, 11) is 5.63. The van der Waals surface area contributed by atoms with E-state index in [2.05, 4.69) is 9.88 Å². The van der Waals surface area contributed by atoms with E-state index in [0.717, 1.165) is 28.9 Å². The molecule has 0 aliphatic heterocycles. The Bertz CT molecular complexity index is 974. The van der Waals surface area contributed by atoms with E-state index in [9.17, 15) is 4.79 Å². The molecule has 156 valence electrons. The van der Waals surface area contributed by atoms with E-state index in [1.54, 1.807) is 30.2 Å². The van der Waals surface area contributed by atoms with Crippen molar-refractivity contribution in [2.45, 2.75) is 6.42 Å². The summed E-state index contributed by atoms with van der Waals surface area (Å²) in [6.07, 6.45) is 0.812. The lowest BCUT2D eigenvalue weighted by atomic mass is 10.2. The number of hydrogen-bond acceptors (Lipinski definition) is 5. The molecule has 0 fully saturated rings. The standard InChI is InChI=1S/C20H21Cl2N3O2S.ClH/c1-24(2)7-4-8-25(19(26)13-9-14(21)11-15(22)10-13)20-23-17-12-16(27-3)5-6-18(17)28-20;/h5-6,9-12H,4,7-8H2,1-3H3;1H. The van der Waals surface area contributed by atoms with E-state index in [0.29, 0.717) is 27.3 Å². The molecule has 0 unspecified atom stereocenters. The normalized spacial score (nSPS) is 10.8. The van der Waals surface area contributed by atoms with Crippen LogP contribution in [0.2, 0.25) is 10.0 Å². The molecule has 9 heteroatoms. The number of anilines is 1. The molecule has 0 spiro atoms. The van der Waals surface area contributed by atoms with Crippen molar-refractivity contribution in [3.05, 3.63) is 52.0 Å². The van der Waals surface area contributed by atoms with E-state index in [1.165, 1.54) is 11.3 Å².